The van der Waals surface area contributed by atoms with Gasteiger partial charge in [0, 0.05) is 10.2 Å². The molecule has 0 radical (unpaired) electrons. The number of carbonyl (C=O) groups is 1. The number of nitriles is 1. The fraction of sp³-hybridized carbons (Fsp3) is 0. The summed E-state index contributed by atoms with van der Waals surface area (Å²) in [6.07, 6.45) is 1.58. The smallest absolute Gasteiger partial charge is 0.256 e. The summed E-state index contributed by atoms with van der Waals surface area (Å²) in [5.41, 5.74) is 2.59. The molecule has 0 aliphatic carbocycles. The van der Waals surface area contributed by atoms with Gasteiger partial charge in [0.15, 0.2) is 0 Å². The van der Waals surface area contributed by atoms with E-state index in [4.69, 9.17) is 5.26 Å². The van der Waals surface area contributed by atoms with E-state index in [1.807, 2.05) is 30.3 Å². The Bertz CT molecular complexity index is 931. The van der Waals surface area contributed by atoms with Gasteiger partial charge in [-0.3, -0.25) is 4.79 Å². The number of aromatic nitrogens is 1. The largest absolute Gasteiger partial charge is 0.340 e. The molecule has 6 heteroatoms. The zero-order valence-electron chi connectivity index (χ0n) is 13.0. The fourth-order valence-corrected chi connectivity index (χ4v) is 2.63. The molecule has 1 heterocycles. The Hall–Kier alpha value is -3.17. The normalized spacial score (nSPS) is 9.92. The van der Waals surface area contributed by atoms with Crippen LogP contribution in [0.2, 0.25) is 0 Å². The quantitative estimate of drug-likeness (QED) is 0.673. The van der Waals surface area contributed by atoms with Crippen molar-refractivity contribution in [3.8, 4) is 6.07 Å². The van der Waals surface area contributed by atoms with Gasteiger partial charge in [-0.25, -0.2) is 4.98 Å². The van der Waals surface area contributed by atoms with Crippen LogP contribution in [0.4, 0.5) is 17.2 Å². The average Bonchev–Trinajstić information content (AvgIpc) is 2.64. The topological polar surface area (TPSA) is 77.8 Å². The molecule has 0 unspecified atom stereocenters. The van der Waals surface area contributed by atoms with Crippen LogP contribution in [-0.4, -0.2) is 10.9 Å². The van der Waals surface area contributed by atoms with Crippen LogP contribution in [0.5, 0.6) is 0 Å². The van der Waals surface area contributed by atoms with E-state index in [9.17, 15) is 4.79 Å². The van der Waals surface area contributed by atoms with Crippen molar-refractivity contribution >= 4 is 39.0 Å². The molecule has 122 valence electrons. The second kappa shape index (κ2) is 7.60. The van der Waals surface area contributed by atoms with Gasteiger partial charge in [-0.1, -0.05) is 12.1 Å². The molecule has 3 rings (SSSR count). The summed E-state index contributed by atoms with van der Waals surface area (Å²) in [4.78, 5) is 16.5. The maximum atomic E-state index is 12.3. The molecule has 0 saturated carbocycles. The van der Waals surface area contributed by atoms with Crippen LogP contribution in [0.3, 0.4) is 0 Å². The molecule has 1 aromatic heterocycles. The monoisotopic (exact) mass is 392 g/mol. The molecular weight excluding hydrogens is 380 g/mol. The van der Waals surface area contributed by atoms with E-state index >= 15 is 0 Å². The number of hydrogen-bond acceptors (Lipinski definition) is 4. The second-order valence-electron chi connectivity index (χ2n) is 5.18. The highest BCUT2D eigenvalue weighted by atomic mass is 79.9. The van der Waals surface area contributed by atoms with E-state index in [2.05, 4.69) is 37.6 Å². The van der Waals surface area contributed by atoms with Gasteiger partial charge in [0.05, 0.1) is 29.1 Å². The Morgan fingerprint density at radius 3 is 2.36 bits per heavy atom. The first-order valence-corrected chi connectivity index (χ1v) is 8.24. The highest BCUT2D eigenvalue weighted by Gasteiger charge is 2.09. The minimum absolute atomic E-state index is 0.206. The minimum atomic E-state index is -0.206. The lowest BCUT2D eigenvalue weighted by Gasteiger charge is -2.09. The van der Waals surface area contributed by atoms with E-state index in [-0.39, 0.29) is 5.91 Å². The summed E-state index contributed by atoms with van der Waals surface area (Å²) in [6, 6.07) is 19.9. The van der Waals surface area contributed by atoms with Gasteiger partial charge in [-0.2, -0.15) is 5.26 Å². The summed E-state index contributed by atoms with van der Waals surface area (Å²) in [5.74, 6) is 0.436. The molecule has 0 fully saturated rings. The van der Waals surface area contributed by atoms with Crippen molar-refractivity contribution in [2.24, 2.45) is 0 Å². The van der Waals surface area contributed by atoms with Crippen molar-refractivity contribution in [1.29, 1.82) is 5.26 Å². The van der Waals surface area contributed by atoms with Crippen LogP contribution in [0.15, 0.2) is 71.3 Å². The minimum Gasteiger partial charge on any atom is -0.340 e. The zero-order valence-corrected chi connectivity index (χ0v) is 14.6. The number of pyridine rings is 1. The Morgan fingerprint density at radius 2 is 1.72 bits per heavy atom. The summed E-state index contributed by atoms with van der Waals surface area (Å²) < 4.78 is 0.736. The SMILES string of the molecule is N#Cc1ccc(Nc2ccc(NC(=O)c3ccccc3Br)cn2)cc1. The maximum Gasteiger partial charge on any atom is 0.256 e. The third kappa shape index (κ3) is 4.22. The summed E-state index contributed by atoms with van der Waals surface area (Å²) >= 11 is 3.36. The molecule has 2 aromatic carbocycles. The van der Waals surface area contributed by atoms with E-state index in [0.29, 0.717) is 22.6 Å². The van der Waals surface area contributed by atoms with Crippen LogP contribution >= 0.6 is 15.9 Å². The van der Waals surface area contributed by atoms with Crippen LogP contribution < -0.4 is 10.6 Å². The number of benzene rings is 2. The van der Waals surface area contributed by atoms with Crippen molar-refractivity contribution in [2.75, 3.05) is 10.6 Å². The number of halogens is 1. The number of nitrogens with one attached hydrogen (secondary N) is 2. The number of nitrogens with zero attached hydrogens (tertiary/aromatic N) is 2. The van der Waals surface area contributed by atoms with Crippen molar-refractivity contribution in [1.82, 2.24) is 4.98 Å². The average molecular weight is 393 g/mol. The van der Waals surface area contributed by atoms with Crippen LogP contribution in [0.25, 0.3) is 0 Å². The van der Waals surface area contributed by atoms with Gasteiger partial charge in [0.2, 0.25) is 0 Å². The Labute approximate surface area is 153 Å². The number of carbonyl (C=O) groups excluding carboxylic acids is 1. The standard InChI is InChI=1S/C19H13BrN4O/c20-17-4-2-1-3-16(17)19(25)24-15-9-10-18(22-12-15)23-14-7-5-13(11-21)6-8-14/h1-10,12H,(H,22,23)(H,24,25). The fourth-order valence-electron chi connectivity index (χ4n) is 2.16. The first kappa shape index (κ1) is 16.7. The first-order valence-electron chi connectivity index (χ1n) is 7.45. The highest BCUT2D eigenvalue weighted by Crippen LogP contribution is 2.19. The number of rotatable bonds is 4. The Morgan fingerprint density at radius 1 is 1.00 bits per heavy atom. The van der Waals surface area contributed by atoms with Gasteiger partial charge in [-0.15, -0.1) is 0 Å². The third-order valence-corrected chi connectivity index (χ3v) is 4.12. The van der Waals surface area contributed by atoms with Gasteiger partial charge in [-0.05, 0) is 64.5 Å². The molecule has 3 aromatic rings. The van der Waals surface area contributed by atoms with E-state index in [0.717, 1.165) is 10.2 Å². The predicted octanol–water partition coefficient (Wildman–Crippen LogP) is 4.71. The molecule has 0 atom stereocenters. The van der Waals surface area contributed by atoms with Gasteiger partial charge >= 0.3 is 0 Å². The third-order valence-electron chi connectivity index (χ3n) is 3.43. The molecule has 0 aliphatic rings. The van der Waals surface area contributed by atoms with Gasteiger partial charge in [0.25, 0.3) is 5.91 Å². The van der Waals surface area contributed by atoms with E-state index < -0.39 is 0 Å². The molecule has 0 spiro atoms. The number of anilines is 3. The molecule has 0 aliphatic heterocycles. The molecule has 25 heavy (non-hydrogen) atoms. The molecule has 5 nitrogen and oxygen atoms in total. The molecule has 0 bridgehead atoms. The van der Waals surface area contributed by atoms with Crippen molar-refractivity contribution < 1.29 is 4.79 Å². The Balaban J connectivity index is 1.67. The van der Waals surface area contributed by atoms with Crippen molar-refractivity contribution in [2.45, 2.75) is 0 Å². The first-order chi connectivity index (χ1) is 12.2. The van der Waals surface area contributed by atoms with E-state index in [1.54, 1.807) is 36.5 Å². The lowest BCUT2D eigenvalue weighted by Crippen LogP contribution is -2.12. The zero-order chi connectivity index (χ0) is 17.6. The summed E-state index contributed by atoms with van der Waals surface area (Å²) in [5, 5.41) is 14.7. The van der Waals surface area contributed by atoms with Crippen LogP contribution in [0.1, 0.15) is 15.9 Å². The van der Waals surface area contributed by atoms with Crippen molar-refractivity contribution in [3.63, 3.8) is 0 Å². The van der Waals surface area contributed by atoms with Gasteiger partial charge in [0.1, 0.15) is 5.82 Å². The molecule has 1 amide bonds. The Kier molecular flexibility index (Phi) is 5.07. The van der Waals surface area contributed by atoms with Crippen molar-refractivity contribution in [3.05, 3.63) is 82.5 Å². The maximum absolute atomic E-state index is 12.3. The second-order valence-corrected chi connectivity index (χ2v) is 6.03. The van der Waals surface area contributed by atoms with Gasteiger partial charge < -0.3 is 10.6 Å². The van der Waals surface area contributed by atoms with Crippen LogP contribution in [-0.2, 0) is 0 Å². The predicted molar refractivity (Wildman–Crippen MR) is 101 cm³/mol. The number of amides is 1. The molecular formula is C19H13BrN4O. The molecule has 0 saturated heterocycles. The summed E-state index contributed by atoms with van der Waals surface area (Å²) in [7, 11) is 0. The summed E-state index contributed by atoms with van der Waals surface area (Å²) in [6.45, 7) is 0. The van der Waals surface area contributed by atoms with Crippen LogP contribution in [0, 0.1) is 11.3 Å². The highest BCUT2D eigenvalue weighted by molar-refractivity contribution is 9.10. The number of hydrogen-bond donors (Lipinski definition) is 2. The lowest BCUT2D eigenvalue weighted by molar-refractivity contribution is 0.102. The van der Waals surface area contributed by atoms with E-state index in [1.165, 1.54) is 0 Å². The molecule has 2 N–H and O–H groups in total. The lowest BCUT2D eigenvalue weighted by atomic mass is 10.2.